The fourth-order valence-corrected chi connectivity index (χ4v) is 6.30. The lowest BCUT2D eigenvalue weighted by atomic mass is 10.0. The highest BCUT2D eigenvalue weighted by Crippen LogP contribution is 2.41. The highest BCUT2D eigenvalue weighted by atomic mass is 32.2. The van der Waals surface area contributed by atoms with Crippen molar-refractivity contribution in [3.63, 3.8) is 0 Å². The molecule has 1 fully saturated rings. The minimum Gasteiger partial charge on any atom is -0.477 e. The van der Waals surface area contributed by atoms with Gasteiger partial charge in [0.25, 0.3) is 5.91 Å². The van der Waals surface area contributed by atoms with Crippen LogP contribution in [0.4, 0.5) is 9.93 Å². The molecule has 4 amide bonds. The van der Waals surface area contributed by atoms with Gasteiger partial charge in [-0.25, -0.2) is 19.3 Å². The van der Waals surface area contributed by atoms with Gasteiger partial charge < -0.3 is 27.2 Å². The van der Waals surface area contributed by atoms with E-state index in [2.05, 4.69) is 31.1 Å². The monoisotopic (exact) mass is 526 g/mol. The number of carbonyl (C=O) groups is 4. The van der Waals surface area contributed by atoms with Crippen molar-refractivity contribution in [2.75, 3.05) is 17.2 Å². The van der Waals surface area contributed by atoms with E-state index in [9.17, 15) is 24.3 Å². The Morgan fingerprint density at radius 2 is 2.18 bits per heavy atom. The first-order valence-electron chi connectivity index (χ1n) is 9.49. The number of β-lactam (4-membered cyclic amide) rings is 1. The van der Waals surface area contributed by atoms with E-state index in [1.807, 2.05) is 0 Å². The molecule has 0 spiro atoms. The van der Waals surface area contributed by atoms with E-state index < -0.39 is 41.3 Å². The molecule has 4 rings (SSSR count). The van der Waals surface area contributed by atoms with Crippen molar-refractivity contribution >= 4 is 63.8 Å². The standard InChI is InChI=1S/C16H18N10O5S3/c1-25-16(22-23-24-25)34-3-5-2-32-12-8(11(28)26(12)9(5)13(29)30)20-10(27)7(21-14(17)31)6-4-33-15(18)19-6/h4,7-8,12H,2-3H2,1H3,(H2,18,19)(H,20,27)(H,29,30)(H3,17,21,31)/t7?,8?,12-/m0/s1. The van der Waals surface area contributed by atoms with Gasteiger partial charge in [0.15, 0.2) is 11.2 Å². The number of thioether (sulfide) groups is 2. The van der Waals surface area contributed by atoms with E-state index in [1.54, 1.807) is 7.05 Å². The molecule has 0 aromatic carbocycles. The van der Waals surface area contributed by atoms with Gasteiger partial charge in [0.2, 0.25) is 11.1 Å². The van der Waals surface area contributed by atoms with Crippen molar-refractivity contribution in [3.05, 3.63) is 22.3 Å². The van der Waals surface area contributed by atoms with E-state index >= 15 is 0 Å². The second kappa shape index (κ2) is 9.47. The number of amides is 4. The molecule has 4 heterocycles. The first kappa shape index (κ1) is 23.8. The fourth-order valence-electron chi connectivity index (χ4n) is 3.38. The van der Waals surface area contributed by atoms with Crippen LogP contribution in [-0.4, -0.2) is 81.9 Å². The number of urea groups is 1. The van der Waals surface area contributed by atoms with Crippen LogP contribution in [0.15, 0.2) is 21.8 Å². The molecule has 1 saturated heterocycles. The van der Waals surface area contributed by atoms with Gasteiger partial charge in [-0.3, -0.25) is 14.5 Å². The Labute approximate surface area is 203 Å². The van der Waals surface area contributed by atoms with Crippen molar-refractivity contribution in [3.8, 4) is 0 Å². The molecule has 180 valence electrons. The summed E-state index contributed by atoms with van der Waals surface area (Å²) in [6.07, 6.45) is 0. The topological polar surface area (TPSA) is 224 Å². The highest BCUT2D eigenvalue weighted by Gasteiger charge is 2.54. The van der Waals surface area contributed by atoms with Crippen LogP contribution in [0.3, 0.4) is 0 Å². The summed E-state index contributed by atoms with van der Waals surface area (Å²) in [4.78, 5) is 54.3. The van der Waals surface area contributed by atoms with Crippen LogP contribution in [0, 0.1) is 0 Å². The molecule has 0 bridgehead atoms. The molecule has 2 aromatic heterocycles. The predicted molar refractivity (Wildman–Crippen MR) is 121 cm³/mol. The van der Waals surface area contributed by atoms with Crippen LogP contribution in [0.1, 0.15) is 11.7 Å². The Morgan fingerprint density at radius 3 is 2.76 bits per heavy atom. The largest absolute Gasteiger partial charge is 0.477 e. The molecule has 18 heteroatoms. The Bertz CT molecular complexity index is 1200. The van der Waals surface area contributed by atoms with Crippen LogP contribution >= 0.6 is 34.9 Å². The van der Waals surface area contributed by atoms with Crippen molar-refractivity contribution in [1.82, 2.24) is 40.7 Å². The number of nitrogens with zero attached hydrogens (tertiary/aromatic N) is 6. The van der Waals surface area contributed by atoms with E-state index in [0.717, 1.165) is 16.2 Å². The molecule has 2 aliphatic rings. The van der Waals surface area contributed by atoms with E-state index in [-0.39, 0.29) is 22.3 Å². The van der Waals surface area contributed by atoms with Gasteiger partial charge in [0.05, 0.1) is 5.69 Å². The Morgan fingerprint density at radius 1 is 1.41 bits per heavy atom. The second-order valence-corrected chi connectivity index (χ2v) is 10.0. The summed E-state index contributed by atoms with van der Waals surface area (Å²) in [5.74, 6) is -1.96. The number of rotatable bonds is 8. The lowest BCUT2D eigenvalue weighted by Gasteiger charge is -2.49. The number of aliphatic carboxylic acids is 1. The number of nitrogens with one attached hydrogen (secondary N) is 2. The third-order valence-corrected chi connectivity index (χ3v) is 8.02. The average molecular weight is 527 g/mol. The summed E-state index contributed by atoms with van der Waals surface area (Å²) >= 11 is 3.63. The number of nitrogens with two attached hydrogens (primary N) is 2. The number of carboxylic acid groups (broad SMARTS) is 1. The summed E-state index contributed by atoms with van der Waals surface area (Å²) < 4.78 is 1.46. The highest BCUT2D eigenvalue weighted by molar-refractivity contribution is 8.01. The third-order valence-electron chi connectivity index (χ3n) is 4.89. The number of primary amides is 1. The number of carbonyl (C=O) groups excluding carboxylic acids is 3. The molecule has 34 heavy (non-hydrogen) atoms. The molecule has 2 aromatic rings. The van der Waals surface area contributed by atoms with Gasteiger partial charge in [0.1, 0.15) is 17.1 Å². The molecule has 0 radical (unpaired) electrons. The lowest BCUT2D eigenvalue weighted by Crippen LogP contribution is -2.71. The quantitative estimate of drug-likeness (QED) is 0.195. The SMILES string of the molecule is Cn1nnnc1SCC1=C(C(=O)O)N2C(=O)C(NC(=O)C(NC(N)=O)c3csc(N)n3)[C@@H]2SC1. The third kappa shape index (κ3) is 4.50. The number of carboxylic acids is 1. The first-order chi connectivity index (χ1) is 16.2. The average Bonchev–Trinajstić information content (AvgIpc) is 3.40. The molecule has 2 aliphatic heterocycles. The first-order valence-corrected chi connectivity index (χ1v) is 12.4. The van der Waals surface area contributed by atoms with Gasteiger partial charge in [-0.2, -0.15) is 0 Å². The summed E-state index contributed by atoms with van der Waals surface area (Å²) in [6.45, 7) is 0. The molecular weight excluding hydrogens is 508 g/mol. The molecular formula is C16H18N10O5S3. The number of fused-ring (bicyclic) bond motifs is 1. The number of aryl methyl sites for hydroxylation is 1. The van der Waals surface area contributed by atoms with Crippen LogP contribution in [0.2, 0.25) is 0 Å². The molecule has 15 nitrogen and oxygen atoms in total. The molecule has 3 atom stereocenters. The minimum atomic E-state index is -1.26. The van der Waals surface area contributed by atoms with E-state index in [4.69, 9.17) is 11.5 Å². The van der Waals surface area contributed by atoms with Crippen LogP contribution in [-0.2, 0) is 21.4 Å². The Balaban J connectivity index is 1.49. The van der Waals surface area contributed by atoms with Gasteiger partial charge in [-0.05, 0) is 16.0 Å². The maximum absolute atomic E-state index is 12.9. The maximum atomic E-state index is 12.9. The summed E-state index contributed by atoms with van der Waals surface area (Å²) in [7, 11) is 1.66. The Kier molecular flexibility index (Phi) is 6.62. The smallest absolute Gasteiger partial charge is 0.352 e. The van der Waals surface area contributed by atoms with E-state index in [0.29, 0.717) is 16.5 Å². The van der Waals surface area contributed by atoms with E-state index in [1.165, 1.54) is 33.6 Å². The van der Waals surface area contributed by atoms with Gasteiger partial charge in [-0.15, -0.1) is 28.2 Å². The van der Waals surface area contributed by atoms with Gasteiger partial charge in [-0.1, -0.05) is 11.8 Å². The number of thiazole rings is 1. The number of tetrazole rings is 1. The van der Waals surface area contributed by atoms with Crippen molar-refractivity contribution < 1.29 is 24.3 Å². The number of aromatic nitrogens is 5. The fraction of sp³-hybridized carbons (Fsp3) is 0.375. The van der Waals surface area contributed by atoms with Crippen LogP contribution in [0.25, 0.3) is 0 Å². The molecule has 7 N–H and O–H groups in total. The summed E-state index contributed by atoms with van der Waals surface area (Å²) in [5, 5.41) is 27.3. The number of hydrogen-bond donors (Lipinski definition) is 5. The zero-order valence-corrected chi connectivity index (χ0v) is 19.8. The summed E-state index contributed by atoms with van der Waals surface area (Å²) in [5.41, 5.74) is 11.4. The number of anilines is 1. The van der Waals surface area contributed by atoms with Crippen molar-refractivity contribution in [1.29, 1.82) is 0 Å². The van der Waals surface area contributed by atoms with Crippen LogP contribution < -0.4 is 22.1 Å². The summed E-state index contributed by atoms with van der Waals surface area (Å²) in [6, 6.07) is -3.21. The van der Waals surface area contributed by atoms with Gasteiger partial charge >= 0.3 is 12.0 Å². The molecule has 0 saturated carbocycles. The zero-order chi connectivity index (χ0) is 24.6. The predicted octanol–water partition coefficient (Wildman–Crippen LogP) is -1.51. The van der Waals surface area contributed by atoms with Crippen molar-refractivity contribution in [2.45, 2.75) is 22.6 Å². The maximum Gasteiger partial charge on any atom is 0.352 e. The minimum absolute atomic E-state index is 0.124. The van der Waals surface area contributed by atoms with Gasteiger partial charge in [0, 0.05) is 23.9 Å². The zero-order valence-electron chi connectivity index (χ0n) is 17.4. The molecule has 0 aliphatic carbocycles. The van der Waals surface area contributed by atoms with Crippen molar-refractivity contribution in [2.24, 2.45) is 12.8 Å². The number of nitrogen functional groups attached to an aromatic ring is 1. The van der Waals surface area contributed by atoms with Crippen LogP contribution in [0.5, 0.6) is 0 Å². The lowest BCUT2D eigenvalue weighted by molar-refractivity contribution is -0.151. The Hall–Kier alpha value is -3.38. The normalized spacial score (nSPS) is 20.4. The molecule has 2 unspecified atom stereocenters. The second-order valence-electron chi connectivity index (χ2n) is 7.08. The number of hydrogen-bond acceptors (Lipinski definition) is 12.